The maximum Gasteiger partial charge on any atom is 0.226 e. The van der Waals surface area contributed by atoms with Crippen LogP contribution in [0.1, 0.15) is 32.2 Å². The number of hydrogen-bond acceptors (Lipinski definition) is 5. The number of thiazole rings is 1. The number of rotatable bonds is 6. The van der Waals surface area contributed by atoms with Gasteiger partial charge in [-0.05, 0) is 45.0 Å². The number of aryl methyl sites for hydroxylation is 1. The summed E-state index contributed by atoms with van der Waals surface area (Å²) >= 11 is 1.46. The van der Waals surface area contributed by atoms with Gasteiger partial charge in [0.2, 0.25) is 5.91 Å². The van der Waals surface area contributed by atoms with Crippen LogP contribution in [0.2, 0.25) is 0 Å². The summed E-state index contributed by atoms with van der Waals surface area (Å²) in [5.74, 6) is -0.401. The van der Waals surface area contributed by atoms with Gasteiger partial charge in [0, 0.05) is 24.2 Å². The maximum absolute atomic E-state index is 13.5. The number of nitrogens with one attached hydrogen (secondary N) is 1. The van der Waals surface area contributed by atoms with E-state index < -0.39 is 0 Å². The van der Waals surface area contributed by atoms with E-state index in [-0.39, 0.29) is 23.7 Å². The monoisotopic (exact) mass is 452 g/mol. The predicted octanol–water partition coefficient (Wildman–Crippen LogP) is 4.16. The van der Waals surface area contributed by atoms with Crippen LogP contribution in [0, 0.1) is 5.82 Å². The third kappa shape index (κ3) is 4.77. The van der Waals surface area contributed by atoms with Gasteiger partial charge in [0.1, 0.15) is 10.8 Å². The van der Waals surface area contributed by atoms with Gasteiger partial charge in [-0.1, -0.05) is 0 Å². The molecule has 0 unspecified atom stereocenters. The van der Waals surface area contributed by atoms with Gasteiger partial charge >= 0.3 is 0 Å². The van der Waals surface area contributed by atoms with Crippen molar-refractivity contribution in [1.82, 2.24) is 29.6 Å². The molecule has 166 valence electrons. The Kier molecular flexibility index (Phi) is 5.92. The number of halogens is 1. The van der Waals surface area contributed by atoms with Crippen LogP contribution in [0.5, 0.6) is 0 Å². The quantitative estimate of drug-likeness (QED) is 0.477. The van der Waals surface area contributed by atoms with Crippen molar-refractivity contribution in [1.29, 1.82) is 0 Å². The van der Waals surface area contributed by atoms with Gasteiger partial charge in [0.25, 0.3) is 0 Å². The minimum atomic E-state index is -0.287. The zero-order valence-corrected chi connectivity index (χ0v) is 19.3. The lowest BCUT2D eigenvalue weighted by molar-refractivity contribution is -0.120. The molecule has 3 heterocycles. The van der Waals surface area contributed by atoms with E-state index in [2.05, 4.69) is 41.2 Å². The molecule has 0 radical (unpaired) electrons. The van der Waals surface area contributed by atoms with Gasteiger partial charge < -0.3 is 9.88 Å². The maximum atomic E-state index is 13.5. The first-order valence-electron chi connectivity index (χ1n) is 10.2. The van der Waals surface area contributed by atoms with Gasteiger partial charge in [-0.3, -0.25) is 9.48 Å². The van der Waals surface area contributed by atoms with Crippen molar-refractivity contribution in [2.45, 2.75) is 39.3 Å². The van der Waals surface area contributed by atoms with Crippen LogP contribution in [0.3, 0.4) is 0 Å². The SMILES string of the molecule is Cn1cnc(CNC(=O)Cc2csc(-c3cnn(C(C)(C)C)c3-c3ccc(F)cc3)n2)c1. The van der Waals surface area contributed by atoms with Crippen LogP contribution < -0.4 is 5.32 Å². The summed E-state index contributed by atoms with van der Waals surface area (Å²) in [6.45, 7) is 6.58. The van der Waals surface area contributed by atoms with Gasteiger partial charge in [-0.25, -0.2) is 14.4 Å². The molecule has 3 aromatic heterocycles. The number of carbonyl (C=O) groups is 1. The van der Waals surface area contributed by atoms with Crippen LogP contribution >= 0.6 is 11.3 Å². The third-order valence-electron chi connectivity index (χ3n) is 4.87. The first-order chi connectivity index (χ1) is 15.2. The van der Waals surface area contributed by atoms with E-state index >= 15 is 0 Å². The zero-order valence-electron chi connectivity index (χ0n) is 18.5. The molecule has 9 heteroatoms. The van der Waals surface area contributed by atoms with E-state index in [1.54, 1.807) is 24.7 Å². The van der Waals surface area contributed by atoms with E-state index in [9.17, 15) is 9.18 Å². The van der Waals surface area contributed by atoms with E-state index in [4.69, 9.17) is 0 Å². The Morgan fingerprint density at radius 1 is 1.19 bits per heavy atom. The number of aromatic nitrogens is 5. The van der Waals surface area contributed by atoms with Crippen LogP contribution in [-0.4, -0.2) is 30.2 Å². The number of carbonyl (C=O) groups excluding carboxylic acids is 1. The number of nitrogens with zero attached hydrogens (tertiary/aromatic N) is 5. The highest BCUT2D eigenvalue weighted by atomic mass is 32.1. The van der Waals surface area contributed by atoms with Crippen molar-refractivity contribution < 1.29 is 9.18 Å². The third-order valence-corrected chi connectivity index (χ3v) is 5.80. The van der Waals surface area contributed by atoms with Gasteiger partial charge in [0.15, 0.2) is 0 Å². The highest BCUT2D eigenvalue weighted by molar-refractivity contribution is 7.13. The second-order valence-electron chi connectivity index (χ2n) is 8.62. The second kappa shape index (κ2) is 8.66. The Labute approximate surface area is 190 Å². The first-order valence-corrected chi connectivity index (χ1v) is 11.1. The molecule has 0 aliphatic heterocycles. The van der Waals surface area contributed by atoms with Crippen molar-refractivity contribution >= 4 is 17.2 Å². The topological polar surface area (TPSA) is 77.6 Å². The molecule has 4 rings (SSSR count). The summed E-state index contributed by atoms with van der Waals surface area (Å²) in [5, 5.41) is 10.1. The molecule has 0 atom stereocenters. The molecule has 0 aliphatic rings. The Morgan fingerprint density at radius 2 is 1.94 bits per heavy atom. The Balaban J connectivity index is 1.56. The highest BCUT2D eigenvalue weighted by Gasteiger charge is 2.24. The van der Waals surface area contributed by atoms with Gasteiger partial charge in [-0.15, -0.1) is 11.3 Å². The van der Waals surface area contributed by atoms with Crippen molar-refractivity contribution in [3.63, 3.8) is 0 Å². The zero-order chi connectivity index (χ0) is 22.9. The molecule has 0 bridgehead atoms. The average Bonchev–Trinajstić information content (AvgIpc) is 3.46. The molecule has 0 saturated heterocycles. The minimum absolute atomic E-state index is 0.114. The fraction of sp³-hybridized carbons (Fsp3) is 0.304. The molecule has 0 fully saturated rings. The van der Waals surface area contributed by atoms with Crippen molar-refractivity contribution in [3.8, 4) is 21.8 Å². The van der Waals surface area contributed by atoms with Crippen molar-refractivity contribution in [3.05, 3.63) is 65.6 Å². The molecular formula is C23H25FN6OS. The van der Waals surface area contributed by atoms with Crippen LogP contribution in [0.25, 0.3) is 21.8 Å². The number of imidazole rings is 1. The smallest absolute Gasteiger partial charge is 0.226 e. The van der Waals surface area contributed by atoms with Crippen LogP contribution in [0.4, 0.5) is 4.39 Å². The molecular weight excluding hydrogens is 427 g/mol. The minimum Gasteiger partial charge on any atom is -0.350 e. The highest BCUT2D eigenvalue weighted by Crippen LogP contribution is 2.36. The normalized spacial score (nSPS) is 11.7. The van der Waals surface area contributed by atoms with Gasteiger partial charge in [0.05, 0.1) is 53.7 Å². The van der Waals surface area contributed by atoms with E-state index in [0.29, 0.717) is 12.2 Å². The van der Waals surface area contributed by atoms with E-state index in [1.165, 1.54) is 23.5 Å². The summed E-state index contributed by atoms with van der Waals surface area (Å²) < 4.78 is 17.3. The lowest BCUT2D eigenvalue weighted by Gasteiger charge is -2.23. The standard InChI is InChI=1S/C23H25FN6OS/c1-23(2,3)30-21(15-5-7-16(24)8-6-15)19(11-27-30)22-28-17(13-32-22)9-20(31)25-10-18-12-29(4)14-26-18/h5-8,11-14H,9-10H2,1-4H3,(H,25,31). The second-order valence-corrected chi connectivity index (χ2v) is 9.48. The number of hydrogen-bond donors (Lipinski definition) is 1. The summed E-state index contributed by atoms with van der Waals surface area (Å²) in [5.41, 5.74) is 3.82. The van der Waals surface area contributed by atoms with E-state index in [0.717, 1.165) is 27.5 Å². The number of amides is 1. The lowest BCUT2D eigenvalue weighted by Crippen LogP contribution is -2.24. The molecule has 1 aromatic carbocycles. The molecule has 0 aliphatic carbocycles. The largest absolute Gasteiger partial charge is 0.350 e. The van der Waals surface area contributed by atoms with Crippen molar-refractivity contribution in [2.75, 3.05) is 0 Å². The Morgan fingerprint density at radius 3 is 2.59 bits per heavy atom. The molecule has 0 saturated carbocycles. The molecule has 4 aromatic rings. The molecule has 7 nitrogen and oxygen atoms in total. The lowest BCUT2D eigenvalue weighted by atomic mass is 10.0. The number of benzene rings is 1. The average molecular weight is 453 g/mol. The molecule has 0 spiro atoms. The Hall–Kier alpha value is -3.33. The molecule has 1 N–H and O–H groups in total. The summed E-state index contributed by atoms with van der Waals surface area (Å²) in [6.07, 6.45) is 5.53. The fourth-order valence-corrected chi connectivity index (χ4v) is 4.22. The molecule has 32 heavy (non-hydrogen) atoms. The fourth-order valence-electron chi connectivity index (χ4n) is 3.39. The van der Waals surface area contributed by atoms with E-state index in [1.807, 2.05) is 27.9 Å². The van der Waals surface area contributed by atoms with Crippen molar-refractivity contribution in [2.24, 2.45) is 7.05 Å². The Bertz CT molecular complexity index is 1230. The summed E-state index contributed by atoms with van der Waals surface area (Å²) in [4.78, 5) is 21.3. The summed E-state index contributed by atoms with van der Waals surface area (Å²) in [6, 6.07) is 6.38. The van der Waals surface area contributed by atoms with Gasteiger partial charge in [-0.2, -0.15) is 5.10 Å². The summed E-state index contributed by atoms with van der Waals surface area (Å²) in [7, 11) is 1.89. The van der Waals surface area contributed by atoms with Crippen LogP contribution in [0.15, 0.2) is 48.4 Å². The molecule has 1 amide bonds. The van der Waals surface area contributed by atoms with Crippen LogP contribution in [-0.2, 0) is 30.3 Å². The predicted molar refractivity (Wildman–Crippen MR) is 122 cm³/mol. The first kappa shape index (κ1) is 21.9.